The first kappa shape index (κ1) is 57.8. The van der Waals surface area contributed by atoms with Gasteiger partial charge in [0.15, 0.2) is 0 Å². The zero-order valence-electron chi connectivity index (χ0n) is 38.6. The molecule has 0 aliphatic heterocycles. The normalized spacial score (nSPS) is 9.89. The topological polar surface area (TPSA) is 197 Å². The van der Waals surface area contributed by atoms with Crippen molar-refractivity contribution in [3.05, 3.63) is 132 Å². The first-order valence-corrected chi connectivity index (χ1v) is 22.1. The quantitative estimate of drug-likeness (QED) is 0.0594. The number of hydrogen-bond donors (Lipinski definition) is 0. The van der Waals surface area contributed by atoms with Gasteiger partial charge in [-0.15, -0.1) is 0 Å². The molecule has 0 atom stereocenters. The number of benzene rings is 4. The Hall–Kier alpha value is -6.23. The molecule has 4 aromatic carbocycles. The van der Waals surface area contributed by atoms with Crippen LogP contribution in [0.15, 0.2) is 121 Å². The van der Waals surface area contributed by atoms with Crippen molar-refractivity contribution in [2.75, 3.05) is 0 Å². The SMILES string of the molecule is CC(=O)CC(=O)[O-].CC(=O)CC(=O)[O-].CC(=O)CC(=O)[O-].CCCCCCc1ccc(-c2ccc3ccccc3n2)cc1.CCCCCCc1ccc(-c2ccc3ccccc3n2)cc1.[Ir+3]. The molecule has 0 spiro atoms. The third-order valence-corrected chi connectivity index (χ3v) is 9.51. The molecule has 0 aliphatic rings. The molecule has 6 aromatic rings. The summed E-state index contributed by atoms with van der Waals surface area (Å²) in [6.45, 7) is 8.12. The van der Waals surface area contributed by atoms with Crippen LogP contribution >= 0.6 is 0 Å². The fourth-order valence-electron chi connectivity index (χ4n) is 6.26. The van der Waals surface area contributed by atoms with E-state index in [9.17, 15) is 44.1 Å². The van der Waals surface area contributed by atoms with Crippen molar-refractivity contribution < 1.29 is 64.2 Å². The molecule has 6 rings (SSSR count). The van der Waals surface area contributed by atoms with Gasteiger partial charge in [-0.2, -0.15) is 0 Å². The second kappa shape index (κ2) is 33.3. The number of nitrogens with zero attached hydrogens (tertiary/aromatic N) is 2. The largest absolute Gasteiger partial charge is 3.00 e. The van der Waals surface area contributed by atoms with Crippen molar-refractivity contribution >= 4 is 57.1 Å². The predicted molar refractivity (Wildman–Crippen MR) is 251 cm³/mol. The summed E-state index contributed by atoms with van der Waals surface area (Å²) < 4.78 is 0. The van der Waals surface area contributed by atoms with E-state index in [1.807, 2.05) is 12.1 Å². The first-order chi connectivity index (χ1) is 31.1. The van der Waals surface area contributed by atoms with Gasteiger partial charge in [0, 0.05) is 59.1 Å². The summed E-state index contributed by atoms with van der Waals surface area (Å²) in [6.07, 6.45) is 11.5. The van der Waals surface area contributed by atoms with E-state index < -0.39 is 37.2 Å². The van der Waals surface area contributed by atoms with Gasteiger partial charge in [-0.1, -0.05) is 149 Å². The number of aromatic nitrogens is 2. The second-order valence-electron chi connectivity index (χ2n) is 15.5. The number of fused-ring (bicyclic) bond motifs is 2. The van der Waals surface area contributed by atoms with E-state index in [-0.39, 0.29) is 37.5 Å². The molecule has 0 aliphatic carbocycles. The van der Waals surface area contributed by atoms with Crippen LogP contribution in [-0.4, -0.2) is 45.2 Å². The van der Waals surface area contributed by atoms with Gasteiger partial charge in [-0.05, 0) is 81.8 Å². The van der Waals surface area contributed by atoms with E-state index in [2.05, 4.69) is 123 Å². The Labute approximate surface area is 402 Å². The summed E-state index contributed by atoms with van der Waals surface area (Å²) in [7, 11) is 0. The molecule has 66 heavy (non-hydrogen) atoms. The number of unbranched alkanes of at least 4 members (excludes halogenated alkanes) is 6. The molecule has 0 fully saturated rings. The molecular formula is C54H61IrN2O9. The van der Waals surface area contributed by atoms with Gasteiger partial charge in [-0.25, -0.2) is 9.97 Å². The van der Waals surface area contributed by atoms with E-state index >= 15 is 0 Å². The van der Waals surface area contributed by atoms with Crippen molar-refractivity contribution in [2.45, 2.75) is 118 Å². The molecule has 2 aromatic heterocycles. The summed E-state index contributed by atoms with van der Waals surface area (Å²) in [4.78, 5) is 67.5. The smallest absolute Gasteiger partial charge is 0.550 e. The fourth-order valence-corrected chi connectivity index (χ4v) is 6.26. The number of carbonyl (C=O) groups excluding carboxylic acids is 6. The molecule has 0 saturated heterocycles. The van der Waals surface area contributed by atoms with Gasteiger partial charge in [-0.3, -0.25) is 14.4 Å². The van der Waals surface area contributed by atoms with Crippen LogP contribution in [0, 0.1) is 0 Å². The summed E-state index contributed by atoms with van der Waals surface area (Å²) in [6, 6.07) is 42.8. The minimum Gasteiger partial charge on any atom is -0.550 e. The van der Waals surface area contributed by atoms with E-state index in [1.54, 1.807) is 0 Å². The van der Waals surface area contributed by atoms with Gasteiger partial charge in [0.2, 0.25) is 0 Å². The van der Waals surface area contributed by atoms with Crippen LogP contribution in [0.25, 0.3) is 44.3 Å². The Bertz CT molecular complexity index is 2190. The molecule has 12 heteroatoms. The number of hydrogen-bond acceptors (Lipinski definition) is 11. The molecule has 0 radical (unpaired) electrons. The monoisotopic (exact) mass is 1070 g/mol. The Kier molecular flexibility index (Phi) is 29.1. The van der Waals surface area contributed by atoms with Crippen molar-refractivity contribution in [3.63, 3.8) is 0 Å². The minimum atomic E-state index is -1.31. The molecule has 2 heterocycles. The summed E-state index contributed by atoms with van der Waals surface area (Å²) >= 11 is 0. The first-order valence-electron chi connectivity index (χ1n) is 22.1. The van der Waals surface area contributed by atoms with Gasteiger partial charge in [0.25, 0.3) is 0 Å². The molecule has 0 amide bonds. The van der Waals surface area contributed by atoms with Gasteiger partial charge < -0.3 is 29.7 Å². The standard InChI is InChI=1S/2C21H23N.3C4H6O3.Ir/c2*1-2-3-4-5-8-17-11-13-19(14-12-17)21-16-15-18-9-6-7-10-20(18)22-21;3*1-3(5)2-4(6)7;/h2*6-7,9-16H,2-5,8H2,1H3;3*2H2,1H3,(H,6,7);/q;;;;;+3/p-3. The molecule has 11 nitrogen and oxygen atoms in total. The van der Waals surface area contributed by atoms with E-state index in [0.29, 0.717) is 0 Å². The molecule has 0 N–H and O–H groups in total. The number of aryl methyl sites for hydroxylation is 2. The Morgan fingerprint density at radius 1 is 0.409 bits per heavy atom. The molecule has 350 valence electrons. The number of pyridine rings is 2. The predicted octanol–water partition coefficient (Wildman–Crippen LogP) is 8.19. The van der Waals surface area contributed by atoms with Crippen LogP contribution in [0.1, 0.15) is 116 Å². The summed E-state index contributed by atoms with van der Waals surface area (Å²) in [5, 5.41) is 30.8. The van der Waals surface area contributed by atoms with Gasteiger partial charge in [0.05, 0.1) is 22.4 Å². The van der Waals surface area contributed by atoms with Crippen molar-refractivity contribution in [1.82, 2.24) is 9.97 Å². The maximum Gasteiger partial charge on any atom is 3.00 e. The van der Waals surface area contributed by atoms with Crippen LogP contribution in [0.3, 0.4) is 0 Å². The fraction of sp³-hybridized carbons (Fsp3) is 0.333. The number of aliphatic carboxylic acids is 3. The molecular weight excluding hydrogens is 1010 g/mol. The van der Waals surface area contributed by atoms with Crippen molar-refractivity contribution in [1.29, 1.82) is 0 Å². The Morgan fingerprint density at radius 3 is 1.00 bits per heavy atom. The maximum absolute atomic E-state index is 9.83. The van der Waals surface area contributed by atoms with E-state index in [1.165, 1.54) is 118 Å². The van der Waals surface area contributed by atoms with Gasteiger partial charge in [0.1, 0.15) is 17.3 Å². The molecule has 0 unspecified atom stereocenters. The van der Waals surface area contributed by atoms with E-state index in [4.69, 9.17) is 9.97 Å². The van der Waals surface area contributed by atoms with E-state index in [0.717, 1.165) is 22.4 Å². The third-order valence-electron chi connectivity index (χ3n) is 9.51. The number of carboxylic acid groups (broad SMARTS) is 3. The van der Waals surface area contributed by atoms with Crippen LogP contribution in [0.2, 0.25) is 0 Å². The Balaban J connectivity index is 0.000000461. The zero-order valence-corrected chi connectivity index (χ0v) is 41.0. The number of para-hydroxylation sites is 2. The van der Waals surface area contributed by atoms with Crippen molar-refractivity contribution in [2.24, 2.45) is 0 Å². The second-order valence-corrected chi connectivity index (χ2v) is 15.5. The van der Waals surface area contributed by atoms with Crippen LogP contribution < -0.4 is 15.3 Å². The van der Waals surface area contributed by atoms with Crippen LogP contribution in [0.5, 0.6) is 0 Å². The average molecular weight is 1070 g/mol. The van der Waals surface area contributed by atoms with Crippen LogP contribution in [-0.2, 0) is 61.7 Å². The average Bonchev–Trinajstić information content (AvgIpc) is 3.26. The van der Waals surface area contributed by atoms with Gasteiger partial charge >= 0.3 is 20.1 Å². The third kappa shape index (κ3) is 25.3. The number of carboxylic acids is 3. The van der Waals surface area contributed by atoms with Crippen molar-refractivity contribution in [3.8, 4) is 22.5 Å². The number of Topliss-reactive ketones (excluding diaryl/α,β-unsaturated/α-hetero) is 3. The number of carbonyl (C=O) groups is 6. The molecule has 0 saturated carbocycles. The number of ketones is 3. The minimum absolute atomic E-state index is 0. The summed E-state index contributed by atoms with van der Waals surface area (Å²) in [5.74, 6) is -5.06. The Morgan fingerprint density at radius 2 is 0.727 bits per heavy atom. The molecule has 0 bridgehead atoms. The summed E-state index contributed by atoms with van der Waals surface area (Å²) in [5.41, 5.74) is 9.48. The van der Waals surface area contributed by atoms with Crippen LogP contribution in [0.4, 0.5) is 0 Å². The number of rotatable bonds is 18. The zero-order chi connectivity index (χ0) is 48.0. The maximum atomic E-state index is 9.83.